The number of benzene rings is 1. The Morgan fingerprint density at radius 3 is 2.27 bits per heavy atom. The van der Waals surface area contributed by atoms with Gasteiger partial charge in [-0.1, -0.05) is 20.8 Å². The minimum Gasteiger partial charge on any atom is -0.497 e. The lowest BCUT2D eigenvalue weighted by atomic mass is 9.88. The molecule has 0 unspecified atom stereocenters. The monoisotopic (exact) mass is 358 g/mol. The largest absolute Gasteiger partial charge is 0.497 e. The van der Waals surface area contributed by atoms with E-state index in [9.17, 15) is 14.4 Å². The average Bonchev–Trinajstić information content (AvgIpc) is 2.61. The molecule has 0 atom stereocenters. The summed E-state index contributed by atoms with van der Waals surface area (Å²) in [6, 6.07) is 7.76. The molecule has 0 saturated heterocycles. The van der Waals surface area contributed by atoms with Gasteiger partial charge >= 0.3 is 5.97 Å². The molecule has 0 amide bonds. The molecule has 1 aromatic heterocycles. The van der Waals surface area contributed by atoms with Gasteiger partial charge in [-0.15, -0.1) is 0 Å². The first-order chi connectivity index (χ1) is 12.2. The highest BCUT2D eigenvalue weighted by atomic mass is 16.5. The Hall–Kier alpha value is -2.96. The number of hydrogen-bond donors (Lipinski definition) is 0. The van der Waals surface area contributed by atoms with Gasteiger partial charge in [-0.25, -0.2) is 4.79 Å². The number of carbonyl (C=O) groups excluding carboxylic acids is 2. The molecule has 7 nitrogen and oxygen atoms in total. The van der Waals surface area contributed by atoms with E-state index in [4.69, 9.17) is 9.47 Å². The van der Waals surface area contributed by atoms with Crippen molar-refractivity contribution in [1.82, 2.24) is 9.78 Å². The van der Waals surface area contributed by atoms with Crippen LogP contribution >= 0.6 is 0 Å². The molecular formula is C19H22N2O5. The predicted octanol–water partition coefficient (Wildman–Crippen LogP) is 2.65. The third-order valence-corrected chi connectivity index (χ3v) is 3.64. The van der Waals surface area contributed by atoms with E-state index in [0.29, 0.717) is 11.4 Å². The molecule has 2 rings (SSSR count). The topological polar surface area (TPSA) is 87.5 Å². The Balaban J connectivity index is 2.69. The van der Waals surface area contributed by atoms with Crippen molar-refractivity contribution in [2.24, 2.45) is 5.41 Å². The van der Waals surface area contributed by atoms with Crippen molar-refractivity contribution in [2.45, 2.75) is 27.7 Å². The molecule has 0 aliphatic rings. The van der Waals surface area contributed by atoms with E-state index in [1.807, 2.05) is 0 Å². The third-order valence-electron chi connectivity index (χ3n) is 3.64. The first-order valence-electron chi connectivity index (χ1n) is 8.19. The van der Waals surface area contributed by atoms with Crippen molar-refractivity contribution in [3.8, 4) is 11.4 Å². The number of rotatable bonds is 5. The maximum atomic E-state index is 12.7. The lowest BCUT2D eigenvalue weighted by molar-refractivity contribution is 0.0523. The number of nitrogens with zero attached hydrogens (tertiary/aromatic N) is 2. The van der Waals surface area contributed by atoms with E-state index >= 15 is 0 Å². The number of methoxy groups -OCH3 is 1. The van der Waals surface area contributed by atoms with E-state index in [0.717, 1.165) is 4.68 Å². The third kappa shape index (κ3) is 3.99. The minimum absolute atomic E-state index is 0.0240. The van der Waals surface area contributed by atoms with Gasteiger partial charge in [-0.3, -0.25) is 9.59 Å². The second-order valence-electron chi connectivity index (χ2n) is 6.66. The molecule has 0 N–H and O–H groups in total. The molecule has 1 heterocycles. The normalized spacial score (nSPS) is 11.1. The summed E-state index contributed by atoms with van der Waals surface area (Å²) in [5.74, 6) is -0.468. The summed E-state index contributed by atoms with van der Waals surface area (Å²) in [5, 5.41) is 4.17. The first kappa shape index (κ1) is 19.4. The molecule has 138 valence electrons. The van der Waals surface area contributed by atoms with Crippen LogP contribution in [0, 0.1) is 5.41 Å². The summed E-state index contributed by atoms with van der Waals surface area (Å²) >= 11 is 0. The maximum absolute atomic E-state index is 12.7. The zero-order chi connectivity index (χ0) is 19.5. The number of aromatic nitrogens is 2. The predicted molar refractivity (Wildman–Crippen MR) is 96.1 cm³/mol. The van der Waals surface area contributed by atoms with Gasteiger partial charge in [0, 0.05) is 5.41 Å². The summed E-state index contributed by atoms with van der Waals surface area (Å²) in [5.41, 5.74) is -1.17. The summed E-state index contributed by atoms with van der Waals surface area (Å²) in [7, 11) is 1.53. The van der Waals surface area contributed by atoms with Crippen LogP contribution in [0.3, 0.4) is 0 Å². The Bertz CT molecular complexity index is 876. The van der Waals surface area contributed by atoms with Crippen LogP contribution in [0.2, 0.25) is 0 Å². The van der Waals surface area contributed by atoms with E-state index in [1.165, 1.54) is 13.2 Å². The molecule has 7 heteroatoms. The molecule has 0 fully saturated rings. The van der Waals surface area contributed by atoms with Crippen LogP contribution in [0.4, 0.5) is 0 Å². The standard InChI is InChI=1S/C19H22N2O5/c1-6-26-18(24)14-11-15(16(22)19(2,3)4)20-21(17(14)23)12-7-9-13(25-5)10-8-12/h7-11H,6H2,1-5H3. The van der Waals surface area contributed by atoms with Crippen LogP contribution in [0.1, 0.15) is 48.5 Å². The number of hydrogen-bond acceptors (Lipinski definition) is 6. The smallest absolute Gasteiger partial charge is 0.343 e. The van der Waals surface area contributed by atoms with Gasteiger partial charge in [0.05, 0.1) is 19.4 Å². The highest BCUT2D eigenvalue weighted by molar-refractivity contribution is 6.00. The summed E-state index contributed by atoms with van der Waals surface area (Å²) < 4.78 is 11.1. The van der Waals surface area contributed by atoms with Crippen molar-refractivity contribution in [1.29, 1.82) is 0 Å². The quantitative estimate of drug-likeness (QED) is 0.603. The Morgan fingerprint density at radius 1 is 1.15 bits per heavy atom. The maximum Gasteiger partial charge on any atom is 0.343 e. The fourth-order valence-corrected chi connectivity index (χ4v) is 2.24. The summed E-state index contributed by atoms with van der Waals surface area (Å²) in [6.45, 7) is 6.98. The number of ketones is 1. The van der Waals surface area contributed by atoms with Gasteiger partial charge < -0.3 is 9.47 Å². The minimum atomic E-state index is -0.787. The van der Waals surface area contributed by atoms with Crippen LogP contribution in [0.5, 0.6) is 5.75 Å². The van der Waals surface area contributed by atoms with E-state index in [2.05, 4.69) is 5.10 Å². The lowest BCUT2D eigenvalue weighted by Crippen LogP contribution is -2.32. The fraction of sp³-hybridized carbons (Fsp3) is 0.368. The summed E-state index contributed by atoms with van der Waals surface area (Å²) in [4.78, 5) is 37.5. The van der Waals surface area contributed by atoms with Gasteiger partial charge in [0.1, 0.15) is 17.0 Å². The van der Waals surface area contributed by atoms with Crippen molar-refractivity contribution >= 4 is 11.8 Å². The molecule has 0 spiro atoms. The highest BCUT2D eigenvalue weighted by Gasteiger charge is 2.27. The zero-order valence-corrected chi connectivity index (χ0v) is 15.5. The van der Waals surface area contributed by atoms with Crippen LogP contribution in [-0.4, -0.2) is 35.2 Å². The number of Topliss-reactive ketones (excluding diaryl/α,β-unsaturated/α-hetero) is 1. The molecule has 0 bridgehead atoms. The summed E-state index contributed by atoms with van der Waals surface area (Å²) in [6.07, 6.45) is 0. The van der Waals surface area contributed by atoms with Gasteiger partial charge in [0.2, 0.25) is 0 Å². The second-order valence-corrected chi connectivity index (χ2v) is 6.66. The molecule has 0 aliphatic heterocycles. The number of ether oxygens (including phenoxy) is 2. The number of carbonyl (C=O) groups is 2. The molecule has 0 radical (unpaired) electrons. The van der Waals surface area contributed by atoms with Crippen molar-refractivity contribution in [2.75, 3.05) is 13.7 Å². The molecule has 2 aromatic rings. The van der Waals surface area contributed by atoms with Gasteiger partial charge in [-0.2, -0.15) is 9.78 Å². The van der Waals surface area contributed by atoms with E-state index in [1.54, 1.807) is 52.0 Å². The Labute approximate surface area is 151 Å². The van der Waals surface area contributed by atoms with Gasteiger partial charge in [-0.05, 0) is 37.3 Å². The van der Waals surface area contributed by atoms with Crippen molar-refractivity contribution in [3.63, 3.8) is 0 Å². The average molecular weight is 358 g/mol. The van der Waals surface area contributed by atoms with Crippen molar-refractivity contribution < 1.29 is 19.1 Å². The SMILES string of the molecule is CCOC(=O)c1cc(C(=O)C(C)(C)C)nn(-c2ccc(OC)cc2)c1=O. The van der Waals surface area contributed by atoms with Gasteiger partial charge in [0.25, 0.3) is 5.56 Å². The van der Waals surface area contributed by atoms with Gasteiger partial charge in [0.15, 0.2) is 5.78 Å². The molecule has 26 heavy (non-hydrogen) atoms. The van der Waals surface area contributed by atoms with Crippen molar-refractivity contribution in [3.05, 3.63) is 51.9 Å². The van der Waals surface area contributed by atoms with Crippen LogP contribution < -0.4 is 10.3 Å². The molecule has 1 aromatic carbocycles. The highest BCUT2D eigenvalue weighted by Crippen LogP contribution is 2.20. The second kappa shape index (κ2) is 7.51. The number of esters is 1. The molecular weight excluding hydrogens is 336 g/mol. The lowest BCUT2D eigenvalue weighted by Gasteiger charge is -2.17. The van der Waals surface area contributed by atoms with E-state index in [-0.39, 0.29) is 23.6 Å². The van der Waals surface area contributed by atoms with Crippen LogP contribution in [0.15, 0.2) is 35.1 Å². The Kier molecular flexibility index (Phi) is 5.59. The van der Waals surface area contributed by atoms with E-state index < -0.39 is 16.9 Å². The molecule has 0 saturated carbocycles. The zero-order valence-electron chi connectivity index (χ0n) is 15.5. The first-order valence-corrected chi connectivity index (χ1v) is 8.19. The molecule has 0 aliphatic carbocycles. The van der Waals surface area contributed by atoms with Crippen LogP contribution in [0.25, 0.3) is 5.69 Å². The Morgan fingerprint density at radius 2 is 1.77 bits per heavy atom. The fourth-order valence-electron chi connectivity index (χ4n) is 2.24. The van der Waals surface area contributed by atoms with Crippen LogP contribution in [-0.2, 0) is 4.74 Å².